The fourth-order valence-electron chi connectivity index (χ4n) is 3.39. The van der Waals surface area contributed by atoms with Gasteiger partial charge in [0.25, 0.3) is 0 Å². The minimum absolute atomic E-state index is 0.325. The Morgan fingerprint density at radius 2 is 1.88 bits per heavy atom. The highest BCUT2D eigenvalue weighted by Crippen LogP contribution is 2.34. The predicted octanol–water partition coefficient (Wildman–Crippen LogP) is 1.86. The summed E-state index contributed by atoms with van der Waals surface area (Å²) in [6.07, 6.45) is 4.98. The molecule has 17 heavy (non-hydrogen) atoms. The molecule has 2 fully saturated rings. The van der Waals surface area contributed by atoms with Crippen LogP contribution in [0.5, 0.6) is 0 Å². The molecule has 2 saturated heterocycles. The van der Waals surface area contributed by atoms with Crippen molar-refractivity contribution in [3.05, 3.63) is 0 Å². The smallest absolute Gasteiger partial charge is 0.0472 e. The lowest BCUT2D eigenvalue weighted by Gasteiger charge is -2.45. The molecule has 0 aromatic carbocycles. The molecule has 2 N–H and O–H groups in total. The summed E-state index contributed by atoms with van der Waals surface area (Å²) in [5.41, 5.74) is 6.85. The zero-order chi connectivity index (χ0) is 12.4. The topological polar surface area (TPSA) is 38.5 Å². The molecule has 0 bridgehead atoms. The van der Waals surface area contributed by atoms with Crippen LogP contribution in [0.3, 0.4) is 0 Å². The largest absolute Gasteiger partial charge is 0.381 e. The standard InChI is InChI=1S/C14H28N2O/c1-13(2)4-3-7-16(11-13)12-14(10-15)5-8-17-9-6-14/h3-12,15H2,1-2H3. The van der Waals surface area contributed by atoms with E-state index in [-0.39, 0.29) is 0 Å². The van der Waals surface area contributed by atoms with Gasteiger partial charge in [0.1, 0.15) is 0 Å². The van der Waals surface area contributed by atoms with E-state index < -0.39 is 0 Å². The van der Waals surface area contributed by atoms with E-state index in [0.717, 1.165) is 32.6 Å². The summed E-state index contributed by atoms with van der Waals surface area (Å²) < 4.78 is 5.48. The van der Waals surface area contributed by atoms with Gasteiger partial charge in [-0.25, -0.2) is 0 Å². The average molecular weight is 240 g/mol. The second kappa shape index (κ2) is 5.25. The molecule has 0 spiro atoms. The second-order valence-electron chi connectivity index (χ2n) is 6.79. The van der Waals surface area contributed by atoms with Crippen LogP contribution in [0.15, 0.2) is 0 Å². The van der Waals surface area contributed by atoms with Gasteiger partial charge in [0.2, 0.25) is 0 Å². The van der Waals surface area contributed by atoms with Crippen LogP contribution in [0.1, 0.15) is 39.5 Å². The number of ether oxygens (including phenoxy) is 1. The first-order valence-electron chi connectivity index (χ1n) is 7.06. The highest BCUT2D eigenvalue weighted by atomic mass is 16.5. The van der Waals surface area contributed by atoms with Crippen molar-refractivity contribution in [1.82, 2.24) is 4.90 Å². The van der Waals surface area contributed by atoms with E-state index >= 15 is 0 Å². The van der Waals surface area contributed by atoms with Crippen molar-refractivity contribution in [3.8, 4) is 0 Å². The number of likely N-dealkylation sites (tertiary alicyclic amines) is 1. The molecule has 0 saturated carbocycles. The molecule has 100 valence electrons. The van der Waals surface area contributed by atoms with Crippen molar-refractivity contribution in [1.29, 1.82) is 0 Å². The Morgan fingerprint density at radius 1 is 1.18 bits per heavy atom. The van der Waals surface area contributed by atoms with Gasteiger partial charge in [-0.2, -0.15) is 0 Å². The second-order valence-corrected chi connectivity index (χ2v) is 6.79. The number of rotatable bonds is 3. The molecule has 0 aromatic heterocycles. The van der Waals surface area contributed by atoms with Gasteiger partial charge in [-0.1, -0.05) is 13.8 Å². The maximum absolute atomic E-state index is 6.04. The van der Waals surface area contributed by atoms with E-state index in [1.165, 1.54) is 32.5 Å². The lowest BCUT2D eigenvalue weighted by atomic mass is 9.77. The van der Waals surface area contributed by atoms with Crippen molar-refractivity contribution in [2.75, 3.05) is 39.4 Å². The zero-order valence-corrected chi connectivity index (χ0v) is 11.5. The van der Waals surface area contributed by atoms with Crippen molar-refractivity contribution in [2.45, 2.75) is 39.5 Å². The first-order valence-corrected chi connectivity index (χ1v) is 7.06. The summed E-state index contributed by atoms with van der Waals surface area (Å²) in [5.74, 6) is 0. The molecule has 0 unspecified atom stereocenters. The minimum Gasteiger partial charge on any atom is -0.381 e. The van der Waals surface area contributed by atoms with Crippen LogP contribution in [0.4, 0.5) is 0 Å². The van der Waals surface area contributed by atoms with E-state index in [1.54, 1.807) is 0 Å². The van der Waals surface area contributed by atoms with Crippen molar-refractivity contribution in [3.63, 3.8) is 0 Å². The number of nitrogens with zero attached hydrogens (tertiary/aromatic N) is 1. The molecule has 3 nitrogen and oxygen atoms in total. The third-order valence-corrected chi connectivity index (χ3v) is 4.53. The first-order chi connectivity index (χ1) is 8.05. The van der Waals surface area contributed by atoms with Crippen LogP contribution < -0.4 is 5.73 Å². The van der Waals surface area contributed by atoms with E-state index in [0.29, 0.717) is 10.8 Å². The summed E-state index contributed by atoms with van der Waals surface area (Å²) in [4.78, 5) is 2.64. The Hall–Kier alpha value is -0.120. The number of nitrogens with two attached hydrogens (primary N) is 1. The molecule has 0 atom stereocenters. The molecular weight excluding hydrogens is 212 g/mol. The van der Waals surface area contributed by atoms with Crippen LogP contribution in [0.25, 0.3) is 0 Å². The van der Waals surface area contributed by atoms with E-state index in [4.69, 9.17) is 10.5 Å². The zero-order valence-electron chi connectivity index (χ0n) is 11.5. The fourth-order valence-corrected chi connectivity index (χ4v) is 3.39. The van der Waals surface area contributed by atoms with Gasteiger partial charge < -0.3 is 15.4 Å². The van der Waals surface area contributed by atoms with Crippen molar-refractivity contribution < 1.29 is 4.74 Å². The Bertz CT molecular complexity index is 247. The van der Waals surface area contributed by atoms with Gasteiger partial charge in [-0.05, 0) is 49.6 Å². The molecule has 2 aliphatic rings. The van der Waals surface area contributed by atoms with Crippen LogP contribution in [-0.4, -0.2) is 44.3 Å². The lowest BCUT2D eigenvalue weighted by Crippen LogP contribution is -2.50. The molecule has 0 aromatic rings. The lowest BCUT2D eigenvalue weighted by molar-refractivity contribution is -0.0131. The monoisotopic (exact) mass is 240 g/mol. The first kappa shape index (κ1) is 13.3. The van der Waals surface area contributed by atoms with Gasteiger partial charge in [0, 0.05) is 26.3 Å². The van der Waals surface area contributed by atoms with Crippen LogP contribution in [0.2, 0.25) is 0 Å². The number of piperidine rings is 1. The summed E-state index contributed by atoms with van der Waals surface area (Å²) in [6.45, 7) is 11.0. The van der Waals surface area contributed by atoms with Crippen LogP contribution in [-0.2, 0) is 4.74 Å². The van der Waals surface area contributed by atoms with Crippen LogP contribution >= 0.6 is 0 Å². The molecule has 0 amide bonds. The summed E-state index contributed by atoms with van der Waals surface area (Å²) in [7, 11) is 0. The molecule has 2 aliphatic heterocycles. The molecule has 0 radical (unpaired) electrons. The Balaban J connectivity index is 1.93. The van der Waals surface area contributed by atoms with Gasteiger partial charge in [0.15, 0.2) is 0 Å². The molecule has 3 heteroatoms. The molecule has 2 rings (SSSR count). The molecule has 0 aliphatic carbocycles. The quantitative estimate of drug-likeness (QED) is 0.818. The third-order valence-electron chi connectivity index (χ3n) is 4.53. The van der Waals surface area contributed by atoms with Gasteiger partial charge in [-0.3, -0.25) is 0 Å². The number of hydrogen-bond acceptors (Lipinski definition) is 3. The molecular formula is C14H28N2O. The number of hydrogen-bond donors (Lipinski definition) is 1. The van der Waals surface area contributed by atoms with Gasteiger partial charge in [0.05, 0.1) is 0 Å². The SMILES string of the molecule is CC1(C)CCCN(CC2(CN)CCOCC2)C1. The fraction of sp³-hybridized carbons (Fsp3) is 1.00. The van der Waals surface area contributed by atoms with E-state index in [2.05, 4.69) is 18.7 Å². The van der Waals surface area contributed by atoms with Crippen LogP contribution in [0, 0.1) is 10.8 Å². The average Bonchev–Trinajstić information content (AvgIpc) is 2.29. The Morgan fingerprint density at radius 3 is 2.47 bits per heavy atom. The Labute approximate surface area is 106 Å². The highest BCUT2D eigenvalue weighted by Gasteiger charge is 2.35. The highest BCUT2D eigenvalue weighted by molar-refractivity contribution is 4.89. The van der Waals surface area contributed by atoms with E-state index in [9.17, 15) is 0 Å². The third kappa shape index (κ3) is 3.43. The maximum atomic E-state index is 6.04. The van der Waals surface area contributed by atoms with Gasteiger partial charge in [-0.15, -0.1) is 0 Å². The Kier molecular flexibility index (Phi) is 4.11. The summed E-state index contributed by atoms with van der Waals surface area (Å²) in [5, 5.41) is 0. The maximum Gasteiger partial charge on any atom is 0.0472 e. The summed E-state index contributed by atoms with van der Waals surface area (Å²) in [6, 6.07) is 0. The van der Waals surface area contributed by atoms with Crippen molar-refractivity contribution in [2.24, 2.45) is 16.6 Å². The normalized spacial score (nSPS) is 29.1. The predicted molar refractivity (Wildman–Crippen MR) is 71.0 cm³/mol. The van der Waals surface area contributed by atoms with Crippen molar-refractivity contribution >= 4 is 0 Å². The van der Waals surface area contributed by atoms with E-state index in [1.807, 2.05) is 0 Å². The van der Waals surface area contributed by atoms with Gasteiger partial charge >= 0.3 is 0 Å². The molecule has 2 heterocycles. The minimum atomic E-state index is 0.325. The summed E-state index contributed by atoms with van der Waals surface area (Å²) >= 11 is 0.